The van der Waals surface area contributed by atoms with Crippen LogP contribution in [0.15, 0.2) is 54.7 Å². The number of nitrogens with one attached hydrogen (secondary N) is 1. The van der Waals surface area contributed by atoms with Gasteiger partial charge in [-0.1, -0.05) is 35.9 Å². The summed E-state index contributed by atoms with van der Waals surface area (Å²) in [4.78, 5) is 31.4. The van der Waals surface area contributed by atoms with Gasteiger partial charge in [-0.25, -0.2) is 4.98 Å². The van der Waals surface area contributed by atoms with Crippen molar-refractivity contribution < 1.29 is 19.1 Å². The summed E-state index contributed by atoms with van der Waals surface area (Å²) in [5.41, 5.74) is 3.24. The highest BCUT2D eigenvalue weighted by Crippen LogP contribution is 2.26. The van der Waals surface area contributed by atoms with Gasteiger partial charge in [-0.3, -0.25) is 14.2 Å². The van der Waals surface area contributed by atoms with Crippen molar-refractivity contribution in [1.82, 2.24) is 19.8 Å². The van der Waals surface area contributed by atoms with E-state index >= 15 is 0 Å². The lowest BCUT2D eigenvalue weighted by Crippen LogP contribution is -2.55. The Morgan fingerprint density at radius 2 is 1.97 bits per heavy atom. The first kappa shape index (κ1) is 23.5. The Morgan fingerprint density at radius 1 is 1.18 bits per heavy atom. The van der Waals surface area contributed by atoms with Gasteiger partial charge in [0.2, 0.25) is 0 Å². The number of rotatable bonds is 7. The molecule has 8 heteroatoms. The molecule has 34 heavy (non-hydrogen) atoms. The number of piperazine rings is 1. The van der Waals surface area contributed by atoms with E-state index in [4.69, 9.17) is 14.5 Å². The third-order valence-corrected chi connectivity index (χ3v) is 5.73. The number of benzene rings is 2. The summed E-state index contributed by atoms with van der Waals surface area (Å²) in [6.45, 7) is 7.80. The average Bonchev–Trinajstić information content (AvgIpc) is 3.29. The molecule has 3 aromatic rings. The Morgan fingerprint density at radius 3 is 2.71 bits per heavy atom. The molecule has 0 unspecified atom stereocenters. The first-order chi connectivity index (χ1) is 16.5. The maximum atomic E-state index is 13.6. The minimum atomic E-state index is -0.363. The predicted molar refractivity (Wildman–Crippen MR) is 129 cm³/mol. The number of imidazole rings is 1. The van der Waals surface area contributed by atoms with Crippen LogP contribution in [0.3, 0.4) is 0 Å². The summed E-state index contributed by atoms with van der Waals surface area (Å²) in [5, 5.41) is 3.26. The van der Waals surface area contributed by atoms with Crippen molar-refractivity contribution in [2.24, 2.45) is 0 Å². The highest BCUT2D eigenvalue weighted by atomic mass is 16.5. The number of amides is 1. The molecule has 1 fully saturated rings. The van der Waals surface area contributed by atoms with E-state index in [0.29, 0.717) is 37.8 Å². The number of nitrogens with zero attached hydrogens (tertiary/aromatic N) is 3. The third kappa shape index (κ3) is 5.28. The molecule has 1 aliphatic rings. The molecular formula is C26H30N4O4. The first-order valence-electron chi connectivity index (χ1n) is 11.5. The van der Waals surface area contributed by atoms with Crippen molar-refractivity contribution >= 4 is 11.9 Å². The second-order valence-electron chi connectivity index (χ2n) is 8.28. The summed E-state index contributed by atoms with van der Waals surface area (Å²) in [6.07, 6.45) is 1.77. The van der Waals surface area contributed by atoms with Crippen molar-refractivity contribution in [3.63, 3.8) is 0 Å². The Labute approximate surface area is 199 Å². The van der Waals surface area contributed by atoms with E-state index in [0.717, 1.165) is 22.6 Å². The van der Waals surface area contributed by atoms with Gasteiger partial charge in [-0.05, 0) is 26.0 Å². The van der Waals surface area contributed by atoms with Crippen LogP contribution in [0.2, 0.25) is 0 Å². The maximum Gasteiger partial charge on any atom is 0.302 e. The summed E-state index contributed by atoms with van der Waals surface area (Å²) in [5.74, 6) is 0.869. The smallest absolute Gasteiger partial charge is 0.302 e. The van der Waals surface area contributed by atoms with Crippen molar-refractivity contribution in [3.05, 3.63) is 66.0 Å². The van der Waals surface area contributed by atoms with Crippen LogP contribution in [0.5, 0.6) is 5.75 Å². The van der Waals surface area contributed by atoms with Gasteiger partial charge in [0.1, 0.15) is 23.9 Å². The number of carbonyl (C=O) groups excluding carboxylic acids is 2. The van der Waals surface area contributed by atoms with Gasteiger partial charge >= 0.3 is 5.97 Å². The zero-order chi connectivity index (χ0) is 24.1. The van der Waals surface area contributed by atoms with Crippen LogP contribution in [-0.2, 0) is 9.53 Å². The Kier molecular flexibility index (Phi) is 7.27. The van der Waals surface area contributed by atoms with Crippen molar-refractivity contribution in [2.45, 2.75) is 26.8 Å². The number of ether oxygens (including phenoxy) is 2. The van der Waals surface area contributed by atoms with Gasteiger partial charge < -0.3 is 19.7 Å². The summed E-state index contributed by atoms with van der Waals surface area (Å²) in [6, 6.07) is 15.5. The van der Waals surface area contributed by atoms with Crippen molar-refractivity contribution in [3.8, 4) is 22.8 Å². The Balaban J connectivity index is 1.72. The molecule has 2 aromatic carbocycles. The van der Waals surface area contributed by atoms with E-state index in [9.17, 15) is 9.59 Å². The summed E-state index contributed by atoms with van der Waals surface area (Å²) >= 11 is 0. The second-order valence-corrected chi connectivity index (χ2v) is 8.28. The summed E-state index contributed by atoms with van der Waals surface area (Å²) < 4.78 is 12.8. The normalized spacial score (nSPS) is 15.7. The Hall–Kier alpha value is -3.65. The fourth-order valence-corrected chi connectivity index (χ4v) is 4.01. The van der Waals surface area contributed by atoms with E-state index in [1.165, 1.54) is 6.92 Å². The molecule has 178 valence electrons. The molecular weight excluding hydrogens is 432 g/mol. The topological polar surface area (TPSA) is 85.7 Å². The van der Waals surface area contributed by atoms with Crippen LogP contribution in [0.25, 0.3) is 17.1 Å². The van der Waals surface area contributed by atoms with Gasteiger partial charge in [-0.2, -0.15) is 0 Å². The fourth-order valence-electron chi connectivity index (χ4n) is 4.01. The maximum absolute atomic E-state index is 13.6. The van der Waals surface area contributed by atoms with Crippen molar-refractivity contribution in [1.29, 1.82) is 0 Å². The predicted octanol–water partition coefficient (Wildman–Crippen LogP) is 3.22. The van der Waals surface area contributed by atoms with Gasteiger partial charge in [-0.15, -0.1) is 0 Å². The number of aromatic nitrogens is 2. The molecule has 0 bridgehead atoms. The van der Waals surface area contributed by atoms with Gasteiger partial charge in [0.05, 0.1) is 18.3 Å². The largest absolute Gasteiger partial charge is 0.494 e. The minimum Gasteiger partial charge on any atom is -0.494 e. The SMILES string of the molecule is CCOc1cccc(-n2cc(C(=O)N3CCNC[C@H]3COC(C)=O)nc2-c2ccc(C)cc2)c1. The molecule has 4 rings (SSSR count). The molecule has 0 aliphatic carbocycles. The molecule has 0 spiro atoms. The highest BCUT2D eigenvalue weighted by Gasteiger charge is 2.30. The molecule has 1 amide bonds. The molecule has 1 aromatic heterocycles. The van der Waals surface area contributed by atoms with Gasteiger partial charge in [0, 0.05) is 44.4 Å². The quantitative estimate of drug-likeness (QED) is 0.543. The molecule has 1 aliphatic heterocycles. The summed E-state index contributed by atoms with van der Waals surface area (Å²) in [7, 11) is 0. The van der Waals surface area contributed by atoms with E-state index < -0.39 is 0 Å². The lowest BCUT2D eigenvalue weighted by Gasteiger charge is -2.35. The minimum absolute atomic E-state index is 0.149. The lowest BCUT2D eigenvalue weighted by atomic mass is 10.1. The van der Waals surface area contributed by atoms with E-state index in [-0.39, 0.29) is 24.5 Å². The zero-order valence-electron chi connectivity index (χ0n) is 19.8. The molecule has 2 heterocycles. The zero-order valence-corrected chi connectivity index (χ0v) is 19.8. The molecule has 0 saturated carbocycles. The average molecular weight is 463 g/mol. The fraction of sp³-hybridized carbons (Fsp3) is 0.346. The highest BCUT2D eigenvalue weighted by molar-refractivity contribution is 5.93. The first-order valence-corrected chi connectivity index (χ1v) is 11.5. The number of hydrogen-bond donors (Lipinski definition) is 1. The van der Waals surface area contributed by atoms with Crippen LogP contribution in [0, 0.1) is 6.92 Å². The monoisotopic (exact) mass is 462 g/mol. The van der Waals surface area contributed by atoms with Crippen LogP contribution < -0.4 is 10.1 Å². The molecule has 1 saturated heterocycles. The van der Waals surface area contributed by atoms with Crippen LogP contribution >= 0.6 is 0 Å². The van der Waals surface area contributed by atoms with E-state index in [2.05, 4.69) is 5.32 Å². The standard InChI is InChI=1S/C26H30N4O4/c1-4-33-23-7-5-6-21(14-23)30-16-24(28-25(30)20-10-8-18(2)9-11-20)26(32)29-13-12-27-15-22(29)17-34-19(3)31/h5-11,14,16,22,27H,4,12-13,15,17H2,1-3H3/t22-/m0/s1. The number of carbonyl (C=O) groups is 2. The number of esters is 1. The van der Waals surface area contributed by atoms with E-state index in [1.807, 2.05) is 66.9 Å². The van der Waals surface area contributed by atoms with Crippen LogP contribution in [0.4, 0.5) is 0 Å². The Bertz CT molecular complexity index is 1160. The van der Waals surface area contributed by atoms with Gasteiger partial charge in [0.25, 0.3) is 5.91 Å². The van der Waals surface area contributed by atoms with Crippen LogP contribution in [-0.4, -0.2) is 65.2 Å². The second kappa shape index (κ2) is 10.5. The molecule has 1 N–H and O–H groups in total. The van der Waals surface area contributed by atoms with Crippen LogP contribution in [0.1, 0.15) is 29.9 Å². The molecule has 8 nitrogen and oxygen atoms in total. The molecule has 1 atom stereocenters. The third-order valence-electron chi connectivity index (χ3n) is 5.73. The molecule has 0 radical (unpaired) electrons. The van der Waals surface area contributed by atoms with Gasteiger partial charge in [0.15, 0.2) is 0 Å². The van der Waals surface area contributed by atoms with E-state index in [1.54, 1.807) is 11.1 Å². The van der Waals surface area contributed by atoms with Crippen molar-refractivity contribution in [2.75, 3.05) is 32.8 Å². The number of hydrogen-bond acceptors (Lipinski definition) is 6. The number of aryl methyl sites for hydroxylation is 1. The lowest BCUT2D eigenvalue weighted by molar-refractivity contribution is -0.142.